The van der Waals surface area contributed by atoms with Crippen molar-refractivity contribution < 1.29 is 14.3 Å². The summed E-state index contributed by atoms with van der Waals surface area (Å²) in [5.41, 5.74) is 1.20. The van der Waals surface area contributed by atoms with Gasteiger partial charge in [-0.15, -0.1) is 22.7 Å². The molecular weight excluding hydrogens is 364 g/mol. The number of carbonyl (C=O) groups excluding carboxylic acids is 2. The minimum Gasteiger partial charge on any atom is -0.451 e. The number of thiazole rings is 1. The number of carbonyl (C=O) groups is 2. The molecule has 0 aromatic carbocycles. The summed E-state index contributed by atoms with van der Waals surface area (Å²) >= 11 is 4.51. The quantitative estimate of drug-likeness (QED) is 0.659. The number of thiophene rings is 2. The van der Waals surface area contributed by atoms with Crippen molar-refractivity contribution in [1.29, 1.82) is 0 Å². The molecule has 8 heteroatoms. The van der Waals surface area contributed by atoms with Crippen LogP contribution in [0.25, 0.3) is 10.6 Å². The monoisotopic (exact) mass is 378 g/mol. The highest BCUT2D eigenvalue weighted by Gasteiger charge is 2.16. The maximum Gasteiger partial charge on any atom is 0.358 e. The number of nitrogens with one attached hydrogen (secondary N) is 1. The number of ether oxygens (including phenoxy) is 1. The summed E-state index contributed by atoms with van der Waals surface area (Å²) in [4.78, 5) is 29.2. The Morgan fingerprint density at radius 3 is 2.83 bits per heavy atom. The molecule has 0 radical (unpaired) electrons. The highest BCUT2D eigenvalue weighted by molar-refractivity contribution is 7.14. The molecule has 5 nitrogen and oxygen atoms in total. The van der Waals surface area contributed by atoms with Gasteiger partial charge < -0.3 is 10.1 Å². The summed E-state index contributed by atoms with van der Waals surface area (Å²) in [6, 6.07) is 5.71. The Morgan fingerprint density at radius 2 is 2.12 bits per heavy atom. The molecule has 0 spiro atoms. The molecule has 24 heavy (non-hydrogen) atoms. The Bertz CT molecular complexity index is 810. The Labute approximate surface area is 150 Å². The molecule has 3 aromatic rings. The smallest absolute Gasteiger partial charge is 0.358 e. The van der Waals surface area contributed by atoms with Crippen LogP contribution in [0.5, 0.6) is 0 Å². The largest absolute Gasteiger partial charge is 0.451 e. The zero-order valence-corrected chi connectivity index (χ0v) is 15.2. The second kappa shape index (κ2) is 7.69. The fourth-order valence-corrected chi connectivity index (χ4v) is 4.22. The summed E-state index contributed by atoms with van der Waals surface area (Å²) in [6.07, 6.45) is 0. The summed E-state index contributed by atoms with van der Waals surface area (Å²) in [6.45, 7) is 1.57. The third-order valence-corrected chi connectivity index (χ3v) is 5.79. The number of amides is 1. The van der Waals surface area contributed by atoms with Gasteiger partial charge in [-0.3, -0.25) is 4.79 Å². The molecule has 124 valence electrons. The molecule has 3 rings (SSSR count). The van der Waals surface area contributed by atoms with Gasteiger partial charge in [0, 0.05) is 21.2 Å². The van der Waals surface area contributed by atoms with E-state index in [1.165, 1.54) is 11.3 Å². The van der Waals surface area contributed by atoms with Gasteiger partial charge in [-0.2, -0.15) is 11.3 Å². The fraction of sp³-hybridized carbons (Fsp3) is 0.188. The van der Waals surface area contributed by atoms with Crippen molar-refractivity contribution in [2.45, 2.75) is 13.0 Å². The van der Waals surface area contributed by atoms with E-state index < -0.39 is 5.97 Å². The fourth-order valence-electron chi connectivity index (χ4n) is 1.98. The van der Waals surface area contributed by atoms with Gasteiger partial charge in [-0.25, -0.2) is 9.78 Å². The van der Waals surface area contributed by atoms with Crippen molar-refractivity contribution in [2.75, 3.05) is 6.61 Å². The van der Waals surface area contributed by atoms with Crippen LogP contribution in [0, 0.1) is 0 Å². The predicted molar refractivity (Wildman–Crippen MR) is 96.6 cm³/mol. The second-order valence-corrected chi connectivity index (χ2v) is 7.55. The first-order valence-corrected chi connectivity index (χ1v) is 9.81. The molecule has 0 aliphatic heterocycles. The molecule has 0 aliphatic rings. The average Bonchev–Trinajstić information content (AvgIpc) is 3.34. The van der Waals surface area contributed by atoms with Gasteiger partial charge in [0.25, 0.3) is 5.91 Å². The van der Waals surface area contributed by atoms with Crippen LogP contribution in [0.15, 0.2) is 39.7 Å². The molecule has 0 saturated heterocycles. The molecule has 1 atom stereocenters. The van der Waals surface area contributed by atoms with Crippen LogP contribution in [0.3, 0.4) is 0 Å². The van der Waals surface area contributed by atoms with Crippen molar-refractivity contribution in [2.24, 2.45) is 0 Å². The molecule has 1 unspecified atom stereocenters. The Balaban J connectivity index is 1.51. The van der Waals surface area contributed by atoms with Crippen molar-refractivity contribution in [3.05, 3.63) is 50.3 Å². The van der Waals surface area contributed by atoms with E-state index in [9.17, 15) is 9.59 Å². The average molecular weight is 379 g/mol. The van der Waals surface area contributed by atoms with E-state index in [0.717, 1.165) is 15.4 Å². The maximum atomic E-state index is 12.0. The lowest BCUT2D eigenvalue weighted by molar-refractivity contribution is -0.124. The number of hydrogen-bond donors (Lipinski definition) is 1. The van der Waals surface area contributed by atoms with Gasteiger partial charge >= 0.3 is 5.97 Å². The van der Waals surface area contributed by atoms with E-state index in [4.69, 9.17) is 4.74 Å². The van der Waals surface area contributed by atoms with E-state index in [-0.39, 0.29) is 24.2 Å². The first-order chi connectivity index (χ1) is 11.6. The maximum absolute atomic E-state index is 12.0. The van der Waals surface area contributed by atoms with Crippen LogP contribution in [0.2, 0.25) is 0 Å². The van der Waals surface area contributed by atoms with Crippen molar-refractivity contribution >= 4 is 45.9 Å². The normalized spacial score (nSPS) is 11.9. The van der Waals surface area contributed by atoms with E-state index in [0.29, 0.717) is 0 Å². The van der Waals surface area contributed by atoms with Gasteiger partial charge in [0.15, 0.2) is 12.3 Å². The molecule has 0 saturated carbocycles. The predicted octanol–water partition coefficient (Wildman–Crippen LogP) is 3.97. The standard InChI is InChI=1S/C16H14N2O3S3/c1-10(13-3-2-5-23-13)17-14(19)7-21-16(20)12-9-24-15(18-12)11-4-6-22-8-11/h2-6,8-10H,7H2,1H3,(H,17,19). The van der Waals surface area contributed by atoms with Crippen LogP contribution >= 0.6 is 34.0 Å². The van der Waals surface area contributed by atoms with Crippen LogP contribution in [0.1, 0.15) is 28.3 Å². The third-order valence-electron chi connectivity index (χ3n) is 3.16. The minimum atomic E-state index is -0.591. The first kappa shape index (κ1) is 16.8. The number of nitrogens with zero attached hydrogens (tertiary/aromatic N) is 1. The van der Waals surface area contributed by atoms with Gasteiger partial charge in [-0.05, 0) is 29.8 Å². The molecule has 1 N–H and O–H groups in total. The summed E-state index contributed by atoms with van der Waals surface area (Å²) in [5.74, 6) is -0.927. The summed E-state index contributed by atoms with van der Waals surface area (Å²) in [5, 5.41) is 11.1. The van der Waals surface area contributed by atoms with Crippen molar-refractivity contribution in [3.8, 4) is 10.6 Å². The highest BCUT2D eigenvalue weighted by atomic mass is 32.1. The Morgan fingerprint density at radius 1 is 1.25 bits per heavy atom. The van der Waals surface area contributed by atoms with Crippen molar-refractivity contribution in [1.82, 2.24) is 10.3 Å². The third kappa shape index (κ3) is 4.08. The molecule has 3 heterocycles. The lowest BCUT2D eigenvalue weighted by Crippen LogP contribution is -2.30. The molecule has 3 aromatic heterocycles. The molecule has 1 amide bonds. The van der Waals surface area contributed by atoms with Crippen LogP contribution in [-0.4, -0.2) is 23.5 Å². The van der Waals surface area contributed by atoms with Crippen LogP contribution < -0.4 is 5.32 Å². The van der Waals surface area contributed by atoms with Crippen LogP contribution in [-0.2, 0) is 9.53 Å². The SMILES string of the molecule is CC(NC(=O)COC(=O)c1csc(-c2ccsc2)n1)c1cccs1. The van der Waals surface area contributed by atoms with E-state index in [1.54, 1.807) is 28.1 Å². The van der Waals surface area contributed by atoms with Crippen LogP contribution in [0.4, 0.5) is 0 Å². The van der Waals surface area contributed by atoms with Gasteiger partial charge in [0.2, 0.25) is 0 Å². The lowest BCUT2D eigenvalue weighted by atomic mass is 10.3. The highest BCUT2D eigenvalue weighted by Crippen LogP contribution is 2.25. The number of rotatable bonds is 6. The molecular formula is C16H14N2O3S3. The van der Waals surface area contributed by atoms with E-state index >= 15 is 0 Å². The number of aromatic nitrogens is 1. The Hall–Kier alpha value is -2.03. The van der Waals surface area contributed by atoms with E-state index in [2.05, 4.69) is 10.3 Å². The zero-order valence-electron chi connectivity index (χ0n) is 12.7. The van der Waals surface area contributed by atoms with Gasteiger partial charge in [-0.1, -0.05) is 6.07 Å². The second-order valence-electron chi connectivity index (χ2n) is 4.93. The van der Waals surface area contributed by atoms with Gasteiger partial charge in [0.1, 0.15) is 5.01 Å². The minimum absolute atomic E-state index is 0.110. The van der Waals surface area contributed by atoms with E-state index in [1.807, 2.05) is 41.3 Å². The van der Waals surface area contributed by atoms with Crippen molar-refractivity contribution in [3.63, 3.8) is 0 Å². The van der Waals surface area contributed by atoms with Gasteiger partial charge in [0.05, 0.1) is 6.04 Å². The number of hydrogen-bond acceptors (Lipinski definition) is 7. The lowest BCUT2D eigenvalue weighted by Gasteiger charge is -2.11. The molecule has 0 aliphatic carbocycles. The Kier molecular flexibility index (Phi) is 5.39. The number of esters is 1. The summed E-state index contributed by atoms with van der Waals surface area (Å²) in [7, 11) is 0. The first-order valence-electron chi connectivity index (χ1n) is 7.11. The molecule has 0 bridgehead atoms. The summed E-state index contributed by atoms with van der Waals surface area (Å²) < 4.78 is 5.04. The molecule has 0 fully saturated rings. The topological polar surface area (TPSA) is 68.3 Å². The zero-order chi connectivity index (χ0) is 16.9.